The fourth-order valence-electron chi connectivity index (χ4n) is 5.26. The summed E-state index contributed by atoms with van der Waals surface area (Å²) in [5, 5.41) is 9.62. The number of carbonyl (C=O) groups excluding carboxylic acids is 1. The van der Waals surface area contributed by atoms with Crippen LogP contribution in [0.4, 0.5) is 17.5 Å². The number of phenolic OH excluding ortho intramolecular Hbond substituents is 1. The first kappa shape index (κ1) is 23.2. The van der Waals surface area contributed by atoms with Gasteiger partial charge in [-0.1, -0.05) is 0 Å². The number of piperazine rings is 1. The number of hydrogen-bond donors (Lipinski definition) is 1. The predicted molar refractivity (Wildman–Crippen MR) is 143 cm³/mol. The van der Waals surface area contributed by atoms with Crippen LogP contribution in [0.15, 0.2) is 55.1 Å². The van der Waals surface area contributed by atoms with Gasteiger partial charge in [0.05, 0.1) is 5.69 Å². The SMILES string of the molecule is CC(=O)C1CCCN(c2nc(N3CCN(c4ccc(O)cc4)CC3)nc3c2ncn3-c2ccncc2)C1. The second-order valence-corrected chi connectivity index (χ2v) is 9.73. The maximum Gasteiger partial charge on any atom is 0.229 e. The maximum absolute atomic E-state index is 12.2. The smallest absolute Gasteiger partial charge is 0.229 e. The van der Waals surface area contributed by atoms with Gasteiger partial charge in [-0.05, 0) is 56.2 Å². The summed E-state index contributed by atoms with van der Waals surface area (Å²) in [6.45, 7) is 6.35. The number of pyridine rings is 1. The molecule has 1 N–H and O–H groups in total. The lowest BCUT2D eigenvalue weighted by atomic mass is 9.94. The average molecular weight is 499 g/mol. The van der Waals surface area contributed by atoms with Gasteiger partial charge in [0.15, 0.2) is 17.0 Å². The minimum absolute atomic E-state index is 0.0124. The molecule has 3 aromatic heterocycles. The third kappa shape index (κ3) is 4.54. The minimum Gasteiger partial charge on any atom is -0.508 e. The van der Waals surface area contributed by atoms with Crippen LogP contribution >= 0.6 is 0 Å². The largest absolute Gasteiger partial charge is 0.508 e. The van der Waals surface area contributed by atoms with Gasteiger partial charge in [0.1, 0.15) is 17.9 Å². The minimum atomic E-state index is 0.0124. The highest BCUT2D eigenvalue weighted by atomic mass is 16.3. The second kappa shape index (κ2) is 9.68. The molecule has 2 aliphatic rings. The number of imidazole rings is 1. The molecule has 2 saturated heterocycles. The summed E-state index contributed by atoms with van der Waals surface area (Å²) in [7, 11) is 0. The first-order valence-electron chi connectivity index (χ1n) is 12.8. The van der Waals surface area contributed by atoms with Gasteiger partial charge in [0, 0.05) is 63.3 Å². The van der Waals surface area contributed by atoms with Gasteiger partial charge in [0.25, 0.3) is 0 Å². The highest BCUT2D eigenvalue weighted by molar-refractivity contribution is 5.87. The third-order valence-electron chi connectivity index (χ3n) is 7.38. The Kier molecular flexibility index (Phi) is 6.07. The van der Waals surface area contributed by atoms with Crippen LogP contribution < -0.4 is 14.7 Å². The van der Waals surface area contributed by atoms with Crippen LogP contribution in [-0.2, 0) is 4.79 Å². The second-order valence-electron chi connectivity index (χ2n) is 9.73. The van der Waals surface area contributed by atoms with E-state index in [1.165, 1.54) is 0 Å². The van der Waals surface area contributed by atoms with E-state index in [2.05, 4.69) is 19.7 Å². The van der Waals surface area contributed by atoms with Crippen molar-refractivity contribution in [2.45, 2.75) is 19.8 Å². The summed E-state index contributed by atoms with van der Waals surface area (Å²) < 4.78 is 1.98. The number of anilines is 3. The van der Waals surface area contributed by atoms with Crippen molar-refractivity contribution in [1.82, 2.24) is 24.5 Å². The molecule has 4 aromatic rings. The molecule has 1 atom stereocenters. The zero-order valence-corrected chi connectivity index (χ0v) is 20.9. The Labute approximate surface area is 215 Å². The molecule has 0 aliphatic carbocycles. The molecule has 1 unspecified atom stereocenters. The van der Waals surface area contributed by atoms with Gasteiger partial charge in [-0.15, -0.1) is 0 Å². The summed E-state index contributed by atoms with van der Waals surface area (Å²) in [6.07, 6.45) is 7.17. The summed E-state index contributed by atoms with van der Waals surface area (Å²) >= 11 is 0. The van der Waals surface area contributed by atoms with Crippen LogP contribution in [0.5, 0.6) is 5.75 Å². The highest BCUT2D eigenvalue weighted by Gasteiger charge is 2.29. The number of carbonyl (C=O) groups is 1. The zero-order chi connectivity index (χ0) is 25.4. The van der Waals surface area contributed by atoms with E-state index in [9.17, 15) is 9.90 Å². The molecule has 5 heterocycles. The van der Waals surface area contributed by atoms with Gasteiger partial charge < -0.3 is 19.8 Å². The molecular weight excluding hydrogens is 468 g/mol. The molecule has 0 amide bonds. The van der Waals surface area contributed by atoms with Crippen LogP contribution in [0, 0.1) is 5.92 Å². The van der Waals surface area contributed by atoms with Crippen molar-refractivity contribution in [2.75, 3.05) is 54.0 Å². The predicted octanol–water partition coefficient (Wildman–Crippen LogP) is 3.05. The number of rotatable bonds is 5. The number of fused-ring (bicyclic) bond motifs is 1. The molecule has 0 bridgehead atoms. The highest BCUT2D eigenvalue weighted by Crippen LogP contribution is 2.31. The van der Waals surface area contributed by atoms with Gasteiger partial charge in [0.2, 0.25) is 5.95 Å². The summed E-state index contributed by atoms with van der Waals surface area (Å²) in [4.78, 5) is 37.9. The number of aromatic hydroxyl groups is 1. The van der Waals surface area contributed by atoms with E-state index in [4.69, 9.17) is 15.0 Å². The first-order chi connectivity index (χ1) is 18.1. The Morgan fingerprint density at radius 1 is 0.892 bits per heavy atom. The van der Waals surface area contributed by atoms with Crippen LogP contribution in [0.3, 0.4) is 0 Å². The summed E-state index contributed by atoms with van der Waals surface area (Å²) in [5.41, 5.74) is 3.52. The van der Waals surface area contributed by atoms with Crippen molar-refractivity contribution < 1.29 is 9.90 Å². The molecule has 0 saturated carbocycles. The van der Waals surface area contributed by atoms with Crippen LogP contribution in [0.2, 0.25) is 0 Å². The number of phenols is 1. The summed E-state index contributed by atoms with van der Waals surface area (Å²) in [5.74, 6) is 1.97. The van der Waals surface area contributed by atoms with Crippen LogP contribution in [-0.4, -0.2) is 74.7 Å². The Balaban J connectivity index is 1.35. The quantitative estimate of drug-likeness (QED) is 0.445. The topological polar surface area (TPSA) is 104 Å². The average Bonchev–Trinajstić information content (AvgIpc) is 3.38. The van der Waals surface area contributed by atoms with Gasteiger partial charge in [-0.25, -0.2) is 4.98 Å². The lowest BCUT2D eigenvalue weighted by Gasteiger charge is -2.37. The Hall–Kier alpha value is -4.21. The molecule has 10 heteroatoms. The number of hydrogen-bond acceptors (Lipinski definition) is 9. The number of ketones is 1. The third-order valence-corrected chi connectivity index (χ3v) is 7.38. The van der Waals surface area contributed by atoms with E-state index >= 15 is 0 Å². The molecule has 6 rings (SSSR count). The van der Waals surface area contributed by atoms with E-state index in [1.807, 2.05) is 28.8 Å². The number of aromatic nitrogens is 5. The molecule has 0 spiro atoms. The van der Waals surface area contributed by atoms with Gasteiger partial charge in [-0.3, -0.25) is 14.3 Å². The van der Waals surface area contributed by atoms with E-state index in [0.29, 0.717) is 12.5 Å². The van der Waals surface area contributed by atoms with Crippen molar-refractivity contribution >= 4 is 34.4 Å². The maximum atomic E-state index is 12.2. The Bertz CT molecular complexity index is 1400. The fraction of sp³-hybridized carbons (Fsp3) is 0.370. The van der Waals surface area contributed by atoms with Crippen molar-refractivity contribution in [3.63, 3.8) is 0 Å². The van der Waals surface area contributed by atoms with E-state index in [0.717, 1.165) is 73.9 Å². The number of Topliss-reactive ketones (excluding diaryl/α,β-unsaturated/α-hetero) is 1. The zero-order valence-electron chi connectivity index (χ0n) is 20.9. The van der Waals surface area contributed by atoms with E-state index < -0.39 is 0 Å². The first-order valence-corrected chi connectivity index (χ1v) is 12.8. The number of piperidine rings is 1. The molecule has 1 aromatic carbocycles. The van der Waals surface area contributed by atoms with Crippen molar-refractivity contribution in [3.8, 4) is 11.4 Å². The van der Waals surface area contributed by atoms with Gasteiger partial charge in [-0.2, -0.15) is 9.97 Å². The fourth-order valence-corrected chi connectivity index (χ4v) is 5.26. The van der Waals surface area contributed by atoms with Crippen molar-refractivity contribution in [3.05, 3.63) is 55.1 Å². The lowest BCUT2D eigenvalue weighted by molar-refractivity contribution is -0.120. The molecule has 10 nitrogen and oxygen atoms in total. The molecule has 190 valence electrons. The molecule has 2 aliphatic heterocycles. The van der Waals surface area contributed by atoms with Crippen molar-refractivity contribution in [1.29, 1.82) is 0 Å². The van der Waals surface area contributed by atoms with Gasteiger partial charge >= 0.3 is 0 Å². The standard InChI is InChI=1S/C27H30N8O2/c1-19(36)20-3-2-12-34(17-20)25-24-26(35(18-29-24)22-8-10-28-11-9-22)31-27(30-25)33-15-13-32(14-16-33)21-4-6-23(37)7-5-21/h4-11,18,20,37H,2-3,12-17H2,1H3. The van der Waals surface area contributed by atoms with Crippen molar-refractivity contribution in [2.24, 2.45) is 5.92 Å². The Morgan fingerprint density at radius 3 is 2.35 bits per heavy atom. The van der Waals surface area contributed by atoms with E-state index in [1.54, 1.807) is 37.8 Å². The number of benzene rings is 1. The van der Waals surface area contributed by atoms with E-state index in [-0.39, 0.29) is 17.5 Å². The molecule has 37 heavy (non-hydrogen) atoms. The van der Waals surface area contributed by atoms with Crippen LogP contribution in [0.25, 0.3) is 16.9 Å². The molecular formula is C27H30N8O2. The summed E-state index contributed by atoms with van der Waals surface area (Å²) in [6, 6.07) is 11.2. The van der Waals surface area contributed by atoms with Crippen LogP contribution in [0.1, 0.15) is 19.8 Å². The normalized spacial score (nSPS) is 18.4. The molecule has 0 radical (unpaired) electrons. The Morgan fingerprint density at radius 2 is 1.62 bits per heavy atom. The monoisotopic (exact) mass is 498 g/mol. The number of nitrogens with zero attached hydrogens (tertiary/aromatic N) is 8. The lowest BCUT2D eigenvalue weighted by Crippen LogP contribution is -2.47. The molecule has 2 fully saturated rings.